The van der Waals surface area contributed by atoms with Crippen LogP contribution in [0.4, 0.5) is 20.3 Å². The lowest BCUT2D eigenvalue weighted by Crippen LogP contribution is -2.49. The first-order valence-corrected chi connectivity index (χ1v) is 10.9. The highest BCUT2D eigenvalue weighted by Crippen LogP contribution is 2.31. The van der Waals surface area contributed by atoms with Crippen molar-refractivity contribution in [1.82, 2.24) is 10.3 Å². The molecule has 1 aromatic heterocycles. The van der Waals surface area contributed by atoms with E-state index in [1.165, 1.54) is 49.5 Å². The molecule has 1 aliphatic rings. The molecule has 2 amide bonds. The fourth-order valence-electron chi connectivity index (χ4n) is 3.62. The first-order chi connectivity index (χ1) is 21.6. The molecule has 1 aliphatic carbocycles. The Morgan fingerprint density at radius 1 is 1.11 bits per heavy atom. The summed E-state index contributed by atoms with van der Waals surface area (Å²) in [6.45, 7) is 0.770. The van der Waals surface area contributed by atoms with Crippen molar-refractivity contribution in [1.29, 1.82) is 0 Å². The van der Waals surface area contributed by atoms with Gasteiger partial charge in [-0.25, -0.2) is 13.8 Å². The zero-order valence-corrected chi connectivity index (χ0v) is 19.1. The Morgan fingerprint density at radius 3 is 2.57 bits per heavy atom. The number of carbonyl (C=O) groups is 2. The minimum Gasteiger partial charge on any atom is -0.359 e. The van der Waals surface area contributed by atoms with E-state index in [1.54, 1.807) is 11.4 Å². The Balaban J connectivity index is 0.00000625. The van der Waals surface area contributed by atoms with Crippen molar-refractivity contribution in [2.75, 3.05) is 16.8 Å². The zero-order valence-electron chi connectivity index (χ0n) is 30.1. The molecule has 37 heavy (non-hydrogen) atoms. The second-order valence-electron chi connectivity index (χ2n) is 7.68. The first-order valence-electron chi connectivity index (χ1n) is 16.4. The number of carbonyl (C=O) groups excluding carboxylic acids is 2. The lowest BCUT2D eigenvalue weighted by Gasteiger charge is -2.34. The summed E-state index contributed by atoms with van der Waals surface area (Å²) in [4.78, 5) is 32.8. The second kappa shape index (κ2) is 12.9. The summed E-state index contributed by atoms with van der Waals surface area (Å²) >= 11 is 0. The third kappa shape index (κ3) is 6.90. The van der Waals surface area contributed by atoms with Crippen LogP contribution in [0.1, 0.15) is 71.5 Å². The van der Waals surface area contributed by atoms with Crippen LogP contribution in [0, 0.1) is 18.6 Å². The van der Waals surface area contributed by atoms with Crippen LogP contribution in [-0.4, -0.2) is 29.4 Å². The van der Waals surface area contributed by atoms with Gasteiger partial charge in [0.05, 0.1) is 7.92 Å². The molecule has 0 bridgehead atoms. The van der Waals surface area contributed by atoms with Crippen LogP contribution in [0.25, 0.3) is 0 Å². The van der Waals surface area contributed by atoms with Crippen LogP contribution < -0.4 is 15.5 Å². The van der Waals surface area contributed by atoms with E-state index in [2.05, 4.69) is 10.3 Å². The average Bonchev–Trinajstić information content (AvgIpc) is 2.98. The predicted octanol–water partition coefficient (Wildman–Crippen LogP) is 5.94. The molecule has 6 nitrogen and oxygen atoms in total. The molecule has 1 saturated carbocycles. The molecule has 196 valence electrons. The van der Waals surface area contributed by atoms with Gasteiger partial charge in [-0.05, 0) is 61.1 Å². The number of halogens is 2. The molecule has 2 aromatic carbocycles. The molecule has 0 spiro atoms. The van der Waals surface area contributed by atoms with Crippen molar-refractivity contribution in [3.8, 4) is 0 Å². The number of hydrogen-bond acceptors (Lipinski definition) is 4. The van der Waals surface area contributed by atoms with Crippen LogP contribution in [0.3, 0.4) is 0 Å². The normalized spacial score (nSPS) is 26.3. The number of anilines is 2. The van der Waals surface area contributed by atoms with Crippen molar-refractivity contribution in [3.63, 3.8) is 0 Å². The zero-order chi connectivity index (χ0) is 35.4. The summed E-state index contributed by atoms with van der Waals surface area (Å²) in [5.74, 6) is -4.55. The van der Waals surface area contributed by atoms with E-state index in [1.807, 2.05) is 0 Å². The van der Waals surface area contributed by atoms with E-state index in [0.717, 1.165) is 23.1 Å². The molecule has 0 aliphatic heterocycles. The van der Waals surface area contributed by atoms with Gasteiger partial charge in [0.1, 0.15) is 11.9 Å². The number of hydrogen-bond donors (Lipinski definition) is 2. The van der Waals surface area contributed by atoms with Crippen LogP contribution >= 0.6 is 0 Å². The Morgan fingerprint density at radius 2 is 1.86 bits per heavy atom. The Hall–Kier alpha value is -3.81. The molecular formula is C29H34F2N4O2. The van der Waals surface area contributed by atoms with Gasteiger partial charge in [0.15, 0.2) is 11.6 Å². The van der Waals surface area contributed by atoms with Crippen LogP contribution in [0.15, 0.2) is 66.9 Å². The summed E-state index contributed by atoms with van der Waals surface area (Å²) in [6, 6.07) is 6.81. The molecule has 2 N–H and O–H groups in total. The van der Waals surface area contributed by atoms with Gasteiger partial charge in [0, 0.05) is 31.6 Å². The number of nitrogens with zero attached hydrogens (tertiary/aromatic N) is 2. The van der Waals surface area contributed by atoms with Crippen molar-refractivity contribution >= 4 is 23.3 Å². The molecular weight excluding hydrogens is 474 g/mol. The summed E-state index contributed by atoms with van der Waals surface area (Å²) in [5, 5.41) is 4.29. The Kier molecular flexibility index (Phi) is 5.64. The first kappa shape index (κ1) is 16.1. The molecule has 3 aromatic rings. The van der Waals surface area contributed by atoms with E-state index < -0.39 is 73.9 Å². The standard InChI is InChI=1S/C28H30F2N4O2.CH4/c1-19-9-5-6-14-23(19)26(28(36)33-21-11-3-2-4-12-21)34(22-13-7-10-20(29)17-22)25(35)18-32-27-24(30)15-8-16-31-27;/h5-10,13-17,21,26H,2-4,11-12,18H2,1H3,(H,31,32)(H,33,36);1H4/i2D2,3D2,4D2,11D2,12D2,21D;. The maximum Gasteiger partial charge on any atom is 0.248 e. The predicted molar refractivity (Wildman–Crippen MR) is 142 cm³/mol. The monoisotopic (exact) mass is 519 g/mol. The van der Waals surface area contributed by atoms with Gasteiger partial charge in [-0.1, -0.05) is 56.9 Å². The summed E-state index contributed by atoms with van der Waals surface area (Å²) in [7, 11) is 0. The van der Waals surface area contributed by atoms with Crippen molar-refractivity contribution in [3.05, 3.63) is 89.6 Å². The number of amides is 2. The fraction of sp³-hybridized carbons (Fsp3) is 0.345. The minimum absolute atomic E-state index is 0. The van der Waals surface area contributed by atoms with Crippen LogP contribution in [-0.2, 0) is 9.59 Å². The van der Waals surface area contributed by atoms with E-state index in [4.69, 9.17) is 15.1 Å². The van der Waals surface area contributed by atoms with Gasteiger partial charge in [-0.2, -0.15) is 0 Å². The van der Waals surface area contributed by atoms with E-state index in [-0.39, 0.29) is 24.5 Å². The van der Waals surface area contributed by atoms with Crippen LogP contribution in [0.5, 0.6) is 0 Å². The number of aromatic nitrogens is 1. The van der Waals surface area contributed by atoms with Crippen LogP contribution in [0.2, 0.25) is 0 Å². The summed E-state index contributed by atoms with van der Waals surface area (Å²) < 4.78 is 121. The number of aryl methyl sites for hydroxylation is 1. The second-order valence-corrected chi connectivity index (χ2v) is 7.68. The van der Waals surface area contributed by atoms with Gasteiger partial charge in [0.2, 0.25) is 11.8 Å². The highest BCUT2D eigenvalue weighted by molar-refractivity contribution is 6.03. The topological polar surface area (TPSA) is 74.3 Å². The molecule has 1 unspecified atom stereocenters. The third-order valence-electron chi connectivity index (χ3n) is 5.26. The quantitative estimate of drug-likeness (QED) is 0.386. The maximum atomic E-state index is 14.6. The van der Waals surface area contributed by atoms with Gasteiger partial charge in [-0.3, -0.25) is 14.5 Å². The van der Waals surface area contributed by atoms with Gasteiger partial charge in [0.25, 0.3) is 0 Å². The van der Waals surface area contributed by atoms with Gasteiger partial charge >= 0.3 is 0 Å². The van der Waals surface area contributed by atoms with Crippen molar-refractivity contribution < 1.29 is 33.4 Å². The van der Waals surface area contributed by atoms with E-state index in [9.17, 15) is 18.4 Å². The average molecular weight is 520 g/mol. The van der Waals surface area contributed by atoms with Gasteiger partial charge < -0.3 is 10.6 Å². The molecule has 8 heteroatoms. The molecule has 0 radical (unpaired) electrons. The smallest absolute Gasteiger partial charge is 0.248 e. The lowest BCUT2D eigenvalue weighted by atomic mass is 9.93. The number of pyridine rings is 1. The number of rotatable bonds is 8. The highest BCUT2D eigenvalue weighted by atomic mass is 19.1. The number of nitrogens with one attached hydrogen (secondary N) is 2. The van der Waals surface area contributed by atoms with Gasteiger partial charge in [-0.15, -0.1) is 0 Å². The highest BCUT2D eigenvalue weighted by Gasteiger charge is 2.35. The Bertz CT molecular complexity index is 1660. The summed E-state index contributed by atoms with van der Waals surface area (Å²) in [6.07, 6.45) is -18.3. The summed E-state index contributed by atoms with van der Waals surface area (Å²) in [5.41, 5.74) is 0.0900. The van der Waals surface area contributed by atoms with E-state index in [0.29, 0.717) is 5.56 Å². The minimum atomic E-state index is -3.93. The third-order valence-corrected chi connectivity index (χ3v) is 5.26. The van der Waals surface area contributed by atoms with Crippen molar-refractivity contribution in [2.45, 2.75) is 58.3 Å². The fourth-order valence-corrected chi connectivity index (χ4v) is 3.62. The lowest BCUT2D eigenvalue weighted by molar-refractivity contribution is -0.126. The molecule has 1 fully saturated rings. The SMILES string of the molecule is C.[2H]C1([2H])C([2H])([2H])C([2H])([2H])C([2H])(NC(=O)C(c2ccccc2C)N(C(=O)CNc2ncccc2F)c2cccc(F)c2)C([2H])([2H])C1([2H])[2H]. The van der Waals surface area contributed by atoms with Crippen molar-refractivity contribution in [2.24, 2.45) is 0 Å². The molecule has 1 heterocycles. The maximum absolute atomic E-state index is 14.6. The molecule has 4 rings (SSSR count). The number of benzene rings is 2. The van der Waals surface area contributed by atoms with E-state index >= 15 is 0 Å². The molecule has 0 saturated heterocycles. The Labute approximate surface area is 232 Å². The largest absolute Gasteiger partial charge is 0.359 e. The molecule has 1 atom stereocenters.